The second-order valence-corrected chi connectivity index (χ2v) is 7.53. The van der Waals surface area contributed by atoms with Gasteiger partial charge in [-0.05, 0) is 50.6 Å². The molecule has 7 nitrogen and oxygen atoms in total. The van der Waals surface area contributed by atoms with E-state index in [2.05, 4.69) is 4.90 Å². The van der Waals surface area contributed by atoms with Gasteiger partial charge in [-0.15, -0.1) is 0 Å². The summed E-state index contributed by atoms with van der Waals surface area (Å²) in [7, 11) is 5.23. The third kappa shape index (κ3) is 4.58. The molecule has 1 atom stereocenters. The number of ether oxygens (including phenoxy) is 2. The first kappa shape index (κ1) is 20.5. The Kier molecular flexibility index (Phi) is 6.78. The van der Waals surface area contributed by atoms with Crippen molar-refractivity contribution in [3.63, 3.8) is 0 Å². The minimum Gasteiger partial charge on any atom is -0.493 e. The molecule has 2 heterocycles. The minimum atomic E-state index is 0.0207. The number of hydrogen-bond acceptors (Lipinski definition) is 5. The Morgan fingerprint density at radius 1 is 1.00 bits per heavy atom. The minimum absolute atomic E-state index is 0.0207. The van der Waals surface area contributed by atoms with Crippen LogP contribution in [0.1, 0.15) is 24.8 Å². The molecule has 0 N–H and O–H groups in total. The van der Waals surface area contributed by atoms with E-state index in [-0.39, 0.29) is 17.9 Å². The molecule has 0 spiro atoms. The molecule has 0 aromatic heterocycles. The van der Waals surface area contributed by atoms with Crippen LogP contribution >= 0.6 is 0 Å². The highest BCUT2D eigenvalue weighted by Crippen LogP contribution is 2.28. The average molecular weight is 389 g/mol. The van der Waals surface area contributed by atoms with Crippen molar-refractivity contribution in [1.29, 1.82) is 0 Å². The SMILES string of the molecule is COc1ccc(CCC(=O)N2CCN(C(=O)C3CCCN3C)CC2)cc1OC. The third-order valence-electron chi connectivity index (χ3n) is 5.83. The fourth-order valence-corrected chi connectivity index (χ4v) is 4.05. The zero-order valence-electron chi connectivity index (χ0n) is 17.1. The number of methoxy groups -OCH3 is 2. The van der Waals surface area contributed by atoms with Crippen molar-refractivity contribution < 1.29 is 19.1 Å². The smallest absolute Gasteiger partial charge is 0.240 e. The monoisotopic (exact) mass is 389 g/mol. The fraction of sp³-hybridized carbons (Fsp3) is 0.619. The Bertz CT molecular complexity index is 701. The highest BCUT2D eigenvalue weighted by atomic mass is 16.5. The number of carbonyl (C=O) groups excluding carboxylic acids is 2. The second kappa shape index (κ2) is 9.28. The average Bonchev–Trinajstić information content (AvgIpc) is 3.17. The van der Waals surface area contributed by atoms with Crippen molar-refractivity contribution in [2.45, 2.75) is 31.7 Å². The van der Waals surface area contributed by atoms with E-state index >= 15 is 0 Å². The molecule has 0 aliphatic carbocycles. The lowest BCUT2D eigenvalue weighted by molar-refractivity contribution is -0.142. The van der Waals surface area contributed by atoms with Crippen molar-refractivity contribution in [2.24, 2.45) is 0 Å². The summed E-state index contributed by atoms with van der Waals surface area (Å²) in [5, 5.41) is 0. The van der Waals surface area contributed by atoms with Gasteiger partial charge < -0.3 is 19.3 Å². The van der Waals surface area contributed by atoms with Crippen molar-refractivity contribution in [3.05, 3.63) is 23.8 Å². The van der Waals surface area contributed by atoms with Gasteiger partial charge >= 0.3 is 0 Å². The number of carbonyl (C=O) groups is 2. The van der Waals surface area contributed by atoms with E-state index in [1.807, 2.05) is 35.0 Å². The number of likely N-dealkylation sites (N-methyl/N-ethyl adjacent to an activating group) is 1. The number of nitrogens with zero attached hydrogens (tertiary/aromatic N) is 3. The fourth-order valence-electron chi connectivity index (χ4n) is 4.05. The van der Waals surface area contributed by atoms with Gasteiger partial charge in [-0.2, -0.15) is 0 Å². The Morgan fingerprint density at radius 3 is 2.29 bits per heavy atom. The normalized spacial score (nSPS) is 20.3. The van der Waals surface area contributed by atoms with Crippen LogP contribution in [0.3, 0.4) is 0 Å². The van der Waals surface area contributed by atoms with Crippen LogP contribution in [0.15, 0.2) is 18.2 Å². The molecule has 0 radical (unpaired) electrons. The van der Waals surface area contributed by atoms with Gasteiger partial charge in [0.1, 0.15) is 0 Å². The van der Waals surface area contributed by atoms with Gasteiger partial charge in [0.25, 0.3) is 0 Å². The first-order valence-electron chi connectivity index (χ1n) is 10.0. The van der Waals surface area contributed by atoms with Gasteiger partial charge in [0.2, 0.25) is 11.8 Å². The maximum Gasteiger partial charge on any atom is 0.240 e. The van der Waals surface area contributed by atoms with Crippen LogP contribution < -0.4 is 9.47 Å². The molecule has 1 aromatic carbocycles. The van der Waals surface area contributed by atoms with E-state index in [9.17, 15) is 9.59 Å². The van der Waals surface area contributed by atoms with Gasteiger partial charge in [-0.1, -0.05) is 6.07 Å². The Morgan fingerprint density at radius 2 is 1.68 bits per heavy atom. The zero-order chi connectivity index (χ0) is 20.1. The van der Waals surface area contributed by atoms with Crippen molar-refractivity contribution >= 4 is 11.8 Å². The first-order chi connectivity index (χ1) is 13.5. The van der Waals surface area contributed by atoms with Gasteiger partial charge in [-0.3, -0.25) is 14.5 Å². The predicted molar refractivity (Wildman–Crippen MR) is 107 cm³/mol. The van der Waals surface area contributed by atoms with Crippen molar-refractivity contribution in [2.75, 3.05) is 54.0 Å². The molecule has 0 saturated carbocycles. The van der Waals surface area contributed by atoms with Crippen LogP contribution in [0.5, 0.6) is 11.5 Å². The number of piperazine rings is 1. The molecular weight excluding hydrogens is 358 g/mol. The maximum absolute atomic E-state index is 12.7. The van der Waals surface area contributed by atoms with Crippen LogP contribution in [-0.4, -0.2) is 86.5 Å². The number of rotatable bonds is 6. The van der Waals surface area contributed by atoms with E-state index in [1.165, 1.54) is 0 Å². The van der Waals surface area contributed by atoms with Crippen LogP contribution in [0, 0.1) is 0 Å². The van der Waals surface area contributed by atoms with E-state index < -0.39 is 0 Å². The molecule has 3 rings (SSSR count). The molecule has 7 heteroatoms. The Hall–Kier alpha value is -2.28. The number of benzene rings is 1. The van der Waals surface area contributed by atoms with E-state index in [0.29, 0.717) is 50.5 Å². The van der Waals surface area contributed by atoms with E-state index in [1.54, 1.807) is 14.2 Å². The summed E-state index contributed by atoms with van der Waals surface area (Å²) in [6, 6.07) is 5.76. The molecule has 2 aliphatic heterocycles. The largest absolute Gasteiger partial charge is 0.493 e. The summed E-state index contributed by atoms with van der Waals surface area (Å²) in [5.41, 5.74) is 1.05. The lowest BCUT2D eigenvalue weighted by Gasteiger charge is -2.37. The standard InChI is InChI=1S/C21H31N3O4/c1-22-10-4-5-17(22)21(26)24-13-11-23(12-14-24)20(25)9-7-16-6-8-18(27-2)19(15-16)28-3/h6,8,15,17H,4-5,7,9-14H2,1-3H3. The number of hydrogen-bond donors (Lipinski definition) is 0. The van der Waals surface area contributed by atoms with Gasteiger partial charge in [-0.25, -0.2) is 0 Å². The van der Waals surface area contributed by atoms with Crippen LogP contribution in [0.2, 0.25) is 0 Å². The Labute approximate surface area is 167 Å². The summed E-state index contributed by atoms with van der Waals surface area (Å²) in [4.78, 5) is 31.2. The predicted octanol–water partition coefficient (Wildman–Crippen LogP) is 1.40. The van der Waals surface area contributed by atoms with Gasteiger partial charge in [0, 0.05) is 32.6 Å². The van der Waals surface area contributed by atoms with Crippen molar-refractivity contribution in [3.8, 4) is 11.5 Å². The van der Waals surface area contributed by atoms with Gasteiger partial charge in [0.15, 0.2) is 11.5 Å². The van der Waals surface area contributed by atoms with E-state index in [0.717, 1.165) is 24.9 Å². The van der Waals surface area contributed by atoms with Gasteiger partial charge in [0.05, 0.1) is 20.3 Å². The molecule has 0 bridgehead atoms. The number of likely N-dealkylation sites (tertiary alicyclic amines) is 1. The molecule has 2 aliphatic rings. The first-order valence-corrected chi connectivity index (χ1v) is 10.0. The molecule has 1 unspecified atom stereocenters. The quantitative estimate of drug-likeness (QED) is 0.736. The van der Waals surface area contributed by atoms with Crippen LogP contribution in [0.25, 0.3) is 0 Å². The lowest BCUT2D eigenvalue weighted by Crippen LogP contribution is -2.54. The molecule has 2 fully saturated rings. The topological polar surface area (TPSA) is 62.3 Å². The summed E-state index contributed by atoms with van der Waals surface area (Å²) < 4.78 is 10.6. The summed E-state index contributed by atoms with van der Waals surface area (Å²) >= 11 is 0. The Balaban J connectivity index is 1.47. The molecule has 2 saturated heterocycles. The van der Waals surface area contributed by atoms with E-state index in [4.69, 9.17) is 9.47 Å². The van der Waals surface area contributed by atoms with Crippen LogP contribution in [0.4, 0.5) is 0 Å². The molecule has 1 aromatic rings. The summed E-state index contributed by atoms with van der Waals surface area (Å²) in [6.45, 7) is 3.49. The highest BCUT2D eigenvalue weighted by Gasteiger charge is 2.33. The number of aryl methyl sites for hydroxylation is 1. The van der Waals surface area contributed by atoms with Crippen LogP contribution in [-0.2, 0) is 16.0 Å². The zero-order valence-corrected chi connectivity index (χ0v) is 17.1. The summed E-state index contributed by atoms with van der Waals surface area (Å²) in [5.74, 6) is 1.72. The highest BCUT2D eigenvalue weighted by molar-refractivity contribution is 5.83. The molecule has 2 amide bonds. The molecule has 28 heavy (non-hydrogen) atoms. The second-order valence-electron chi connectivity index (χ2n) is 7.53. The van der Waals surface area contributed by atoms with Crippen molar-refractivity contribution in [1.82, 2.24) is 14.7 Å². The lowest BCUT2D eigenvalue weighted by atomic mass is 10.1. The number of amides is 2. The molecule has 154 valence electrons. The third-order valence-corrected chi connectivity index (χ3v) is 5.83. The molecular formula is C21H31N3O4. The summed E-state index contributed by atoms with van der Waals surface area (Å²) in [6.07, 6.45) is 3.14. The maximum atomic E-state index is 12.7.